The normalized spacial score (nSPS) is 26.6. The first kappa shape index (κ1) is 24.8. The topological polar surface area (TPSA) is 53.6 Å². The highest BCUT2D eigenvalue weighted by Crippen LogP contribution is 2.38. The Morgan fingerprint density at radius 2 is 1.78 bits per heavy atom. The molecule has 0 saturated carbocycles. The summed E-state index contributed by atoms with van der Waals surface area (Å²) in [4.78, 5) is 15.6. The van der Waals surface area contributed by atoms with Gasteiger partial charge < -0.3 is 15.4 Å². The minimum Gasteiger partial charge on any atom is -0.457 e. The Balaban J connectivity index is 0.00000144. The highest BCUT2D eigenvalue weighted by Gasteiger charge is 2.45. The lowest BCUT2D eigenvalue weighted by atomic mass is 9.73. The third-order valence-electron chi connectivity index (χ3n) is 7.07. The van der Waals surface area contributed by atoms with E-state index in [0.29, 0.717) is 29.3 Å². The van der Waals surface area contributed by atoms with Crippen LogP contribution in [0.2, 0.25) is 0 Å². The third-order valence-corrected chi connectivity index (χ3v) is 7.07. The first-order chi connectivity index (χ1) is 14.8. The number of hydrogen-bond donors (Lipinski definition) is 2. The van der Waals surface area contributed by atoms with Crippen molar-refractivity contribution < 1.29 is 9.53 Å². The summed E-state index contributed by atoms with van der Waals surface area (Å²) in [6.07, 6.45) is 5.24. The smallest absolute Gasteiger partial charge is 0.251 e. The first-order valence-electron chi connectivity index (χ1n) is 11.4. The molecule has 2 bridgehead atoms. The van der Waals surface area contributed by atoms with Gasteiger partial charge in [-0.15, -0.1) is 24.8 Å². The number of para-hydroxylation sites is 1. The zero-order chi connectivity index (χ0) is 20.3. The van der Waals surface area contributed by atoms with Crippen molar-refractivity contribution in [2.45, 2.75) is 37.8 Å². The maximum absolute atomic E-state index is 12.9. The number of rotatable bonds is 5. The van der Waals surface area contributed by atoms with Crippen molar-refractivity contribution in [1.29, 1.82) is 0 Å². The summed E-state index contributed by atoms with van der Waals surface area (Å²) in [5.41, 5.74) is 0.647. The fourth-order valence-corrected chi connectivity index (χ4v) is 5.67. The summed E-state index contributed by atoms with van der Waals surface area (Å²) in [5, 5.41) is 6.88. The number of hydrogen-bond acceptors (Lipinski definition) is 4. The summed E-state index contributed by atoms with van der Waals surface area (Å²) in [6, 6.07) is 18.2. The quantitative estimate of drug-likeness (QED) is 0.664. The van der Waals surface area contributed by atoms with Gasteiger partial charge in [0.25, 0.3) is 5.91 Å². The van der Waals surface area contributed by atoms with Gasteiger partial charge >= 0.3 is 0 Å². The summed E-state index contributed by atoms with van der Waals surface area (Å²) in [7, 11) is 0. The van der Waals surface area contributed by atoms with Crippen LogP contribution in [0.4, 0.5) is 0 Å². The Labute approximate surface area is 203 Å². The largest absolute Gasteiger partial charge is 0.457 e. The van der Waals surface area contributed by atoms with E-state index in [2.05, 4.69) is 15.5 Å². The molecule has 0 aromatic heterocycles. The number of fused-ring (bicyclic) bond motifs is 4. The van der Waals surface area contributed by atoms with Gasteiger partial charge in [0.2, 0.25) is 0 Å². The van der Waals surface area contributed by atoms with E-state index in [9.17, 15) is 4.79 Å². The maximum Gasteiger partial charge on any atom is 0.251 e. The molecule has 0 aliphatic carbocycles. The number of piperidine rings is 3. The number of carbonyl (C=O) groups is 1. The molecule has 3 saturated heterocycles. The van der Waals surface area contributed by atoms with Crippen LogP contribution in [-0.4, -0.2) is 49.1 Å². The second-order valence-corrected chi connectivity index (χ2v) is 8.94. The van der Waals surface area contributed by atoms with Gasteiger partial charge in [-0.05, 0) is 81.1 Å². The molecule has 2 N–H and O–H groups in total. The van der Waals surface area contributed by atoms with E-state index in [1.807, 2.05) is 54.6 Å². The molecule has 32 heavy (non-hydrogen) atoms. The molecule has 3 fully saturated rings. The van der Waals surface area contributed by atoms with E-state index < -0.39 is 0 Å². The average Bonchev–Trinajstić information content (AvgIpc) is 2.80. The number of amides is 1. The number of carbonyl (C=O) groups excluding carboxylic acids is 1. The maximum atomic E-state index is 12.9. The zero-order valence-electron chi connectivity index (χ0n) is 18.2. The molecule has 7 heteroatoms. The molecule has 2 aromatic carbocycles. The minimum atomic E-state index is -0.0204. The molecule has 0 radical (unpaired) electrons. The molecule has 0 unspecified atom stereocenters. The Bertz CT molecular complexity index is 883. The highest BCUT2D eigenvalue weighted by atomic mass is 35.5. The van der Waals surface area contributed by atoms with Crippen LogP contribution in [0.3, 0.4) is 0 Å². The van der Waals surface area contributed by atoms with E-state index in [-0.39, 0.29) is 30.7 Å². The van der Waals surface area contributed by atoms with Gasteiger partial charge in [0.05, 0.1) is 0 Å². The molecule has 1 amide bonds. The molecule has 174 valence electrons. The fraction of sp³-hybridized carbons (Fsp3) is 0.480. The molecular formula is C25H33Cl2N3O2. The van der Waals surface area contributed by atoms with Crippen LogP contribution in [0, 0.1) is 11.8 Å². The third kappa shape index (κ3) is 5.40. The molecule has 4 atom stereocenters. The van der Waals surface area contributed by atoms with Crippen molar-refractivity contribution in [3.05, 3.63) is 60.2 Å². The minimum absolute atomic E-state index is 0. The molecule has 3 heterocycles. The van der Waals surface area contributed by atoms with E-state index >= 15 is 0 Å². The van der Waals surface area contributed by atoms with Crippen molar-refractivity contribution in [1.82, 2.24) is 15.5 Å². The van der Waals surface area contributed by atoms with Crippen LogP contribution >= 0.6 is 24.8 Å². The predicted octanol–water partition coefficient (Wildman–Crippen LogP) is 4.51. The first-order valence-corrected chi connectivity index (χ1v) is 11.4. The number of nitrogens with one attached hydrogen (secondary N) is 2. The molecular weight excluding hydrogens is 445 g/mol. The summed E-state index contributed by atoms with van der Waals surface area (Å²) in [5.74, 6) is 2.84. The highest BCUT2D eigenvalue weighted by molar-refractivity contribution is 5.94. The lowest BCUT2D eigenvalue weighted by Gasteiger charge is -2.55. The van der Waals surface area contributed by atoms with Crippen LogP contribution < -0.4 is 15.4 Å². The summed E-state index contributed by atoms with van der Waals surface area (Å²) < 4.78 is 5.89. The van der Waals surface area contributed by atoms with Gasteiger partial charge in [-0.2, -0.15) is 0 Å². The fourth-order valence-electron chi connectivity index (χ4n) is 5.67. The van der Waals surface area contributed by atoms with Crippen LogP contribution in [0.25, 0.3) is 0 Å². The van der Waals surface area contributed by atoms with E-state index in [1.165, 1.54) is 32.2 Å². The van der Waals surface area contributed by atoms with Crippen molar-refractivity contribution in [3.8, 4) is 11.5 Å². The molecule has 3 aliphatic heterocycles. The van der Waals surface area contributed by atoms with Crippen molar-refractivity contribution in [2.24, 2.45) is 11.8 Å². The Kier molecular flexibility index (Phi) is 8.83. The van der Waals surface area contributed by atoms with Crippen LogP contribution in [0.5, 0.6) is 11.5 Å². The predicted molar refractivity (Wildman–Crippen MR) is 132 cm³/mol. The second kappa shape index (κ2) is 11.4. The molecule has 3 aliphatic rings. The number of nitrogens with zero attached hydrogens (tertiary/aromatic N) is 1. The van der Waals surface area contributed by atoms with Crippen LogP contribution in [0.1, 0.15) is 36.0 Å². The number of ether oxygens (including phenoxy) is 1. The standard InChI is InChI=1S/C25H31N3O2.2ClH/c29-25(18-7-6-10-22(14-18)30-21-8-2-1-3-9-21)27-17-24-20-13-19(15-26-16-20)23-11-4-5-12-28(23)24;;/h1-3,6-10,14,19-20,23-24,26H,4-5,11-13,15-17H2,(H,27,29);2*1H/t19-,20+,23+,24+;;/m1../s1. The van der Waals surface area contributed by atoms with Crippen molar-refractivity contribution >= 4 is 30.7 Å². The van der Waals surface area contributed by atoms with E-state index in [0.717, 1.165) is 31.3 Å². The van der Waals surface area contributed by atoms with Crippen molar-refractivity contribution in [3.63, 3.8) is 0 Å². The summed E-state index contributed by atoms with van der Waals surface area (Å²) >= 11 is 0. The number of benzene rings is 2. The molecule has 5 rings (SSSR count). The summed E-state index contributed by atoms with van der Waals surface area (Å²) in [6.45, 7) is 4.13. The average molecular weight is 478 g/mol. The molecule has 5 nitrogen and oxygen atoms in total. The van der Waals surface area contributed by atoms with E-state index in [4.69, 9.17) is 4.74 Å². The van der Waals surface area contributed by atoms with Crippen molar-refractivity contribution in [2.75, 3.05) is 26.2 Å². The Morgan fingerprint density at radius 1 is 1.00 bits per heavy atom. The van der Waals surface area contributed by atoms with Gasteiger partial charge in [-0.25, -0.2) is 0 Å². The van der Waals surface area contributed by atoms with Gasteiger partial charge in [0.1, 0.15) is 11.5 Å². The second-order valence-electron chi connectivity index (χ2n) is 8.94. The number of halogens is 2. The van der Waals surface area contributed by atoms with Gasteiger partial charge in [-0.3, -0.25) is 9.69 Å². The molecule has 0 spiro atoms. The van der Waals surface area contributed by atoms with Gasteiger partial charge in [-0.1, -0.05) is 30.7 Å². The monoisotopic (exact) mass is 477 g/mol. The van der Waals surface area contributed by atoms with Crippen LogP contribution in [-0.2, 0) is 0 Å². The lowest BCUT2D eigenvalue weighted by molar-refractivity contribution is -0.0371. The Hall–Kier alpha value is -1.79. The lowest BCUT2D eigenvalue weighted by Crippen LogP contribution is -2.65. The van der Waals surface area contributed by atoms with Crippen LogP contribution in [0.15, 0.2) is 54.6 Å². The van der Waals surface area contributed by atoms with Gasteiger partial charge in [0.15, 0.2) is 0 Å². The van der Waals surface area contributed by atoms with Gasteiger partial charge in [0, 0.05) is 24.2 Å². The van der Waals surface area contributed by atoms with E-state index in [1.54, 1.807) is 0 Å². The Morgan fingerprint density at radius 3 is 2.62 bits per heavy atom. The SMILES string of the molecule is Cl.Cl.O=C(NC[C@H]1[C@@H]2CNC[C@@H](C2)[C@@H]2CCCCN21)c1cccc(Oc2ccccc2)c1. The molecule has 2 aromatic rings. The zero-order valence-corrected chi connectivity index (χ0v) is 19.9.